The fourth-order valence-electron chi connectivity index (χ4n) is 1.78. The van der Waals surface area contributed by atoms with Crippen LogP contribution in [0.15, 0.2) is 41.0 Å². The number of nitrogens with zero attached hydrogens (tertiary/aromatic N) is 2. The van der Waals surface area contributed by atoms with Gasteiger partial charge in [0, 0.05) is 17.2 Å². The first kappa shape index (κ1) is 12.8. The van der Waals surface area contributed by atoms with E-state index < -0.39 is 0 Å². The van der Waals surface area contributed by atoms with Crippen molar-refractivity contribution in [1.29, 1.82) is 0 Å². The number of anilines is 3. The molecule has 0 saturated heterocycles. The Kier molecular flexibility index (Phi) is 3.81. The standard InChI is InChI=1S/C13H13BrFN3/c1-2-18(12-6-4-3-5-10(12)15)13-11(16)7-9(14)8-17-13/h3-8H,2,16H2,1H3. The molecule has 0 atom stereocenters. The summed E-state index contributed by atoms with van der Waals surface area (Å²) in [5.41, 5.74) is 6.91. The van der Waals surface area contributed by atoms with Crippen LogP contribution >= 0.6 is 15.9 Å². The Bertz CT molecular complexity index is 560. The molecule has 5 heteroatoms. The highest BCUT2D eigenvalue weighted by Gasteiger charge is 2.15. The van der Waals surface area contributed by atoms with Crippen molar-refractivity contribution in [2.45, 2.75) is 6.92 Å². The lowest BCUT2D eigenvalue weighted by molar-refractivity contribution is 0.625. The van der Waals surface area contributed by atoms with Gasteiger partial charge < -0.3 is 10.6 Å². The van der Waals surface area contributed by atoms with E-state index in [0.29, 0.717) is 23.7 Å². The van der Waals surface area contributed by atoms with Gasteiger partial charge in [-0.2, -0.15) is 0 Å². The number of nitrogens with two attached hydrogens (primary N) is 1. The fraction of sp³-hybridized carbons (Fsp3) is 0.154. The molecular formula is C13H13BrFN3. The maximum absolute atomic E-state index is 13.8. The predicted octanol–water partition coefficient (Wildman–Crippen LogP) is 3.72. The molecule has 2 aromatic rings. The first-order chi connectivity index (χ1) is 8.63. The number of halogens is 2. The van der Waals surface area contributed by atoms with Gasteiger partial charge >= 0.3 is 0 Å². The maximum atomic E-state index is 13.8. The Morgan fingerprint density at radius 2 is 2.11 bits per heavy atom. The molecule has 18 heavy (non-hydrogen) atoms. The van der Waals surface area contributed by atoms with Gasteiger partial charge in [-0.1, -0.05) is 12.1 Å². The summed E-state index contributed by atoms with van der Waals surface area (Å²) in [7, 11) is 0. The highest BCUT2D eigenvalue weighted by molar-refractivity contribution is 9.10. The van der Waals surface area contributed by atoms with Crippen LogP contribution in [-0.2, 0) is 0 Å². The van der Waals surface area contributed by atoms with E-state index in [9.17, 15) is 4.39 Å². The molecule has 0 aliphatic heterocycles. The molecule has 1 heterocycles. The molecule has 3 nitrogen and oxygen atoms in total. The second-order valence-corrected chi connectivity index (χ2v) is 4.68. The Morgan fingerprint density at radius 1 is 1.39 bits per heavy atom. The number of rotatable bonds is 3. The number of pyridine rings is 1. The number of hydrogen-bond acceptors (Lipinski definition) is 3. The van der Waals surface area contributed by atoms with Gasteiger partial charge in [0.2, 0.25) is 0 Å². The third-order valence-corrected chi connectivity index (χ3v) is 3.01. The molecule has 1 aromatic heterocycles. The SMILES string of the molecule is CCN(c1ccccc1F)c1ncc(Br)cc1N. The third kappa shape index (κ3) is 2.46. The van der Waals surface area contributed by atoms with Crippen LogP contribution in [0.3, 0.4) is 0 Å². The van der Waals surface area contributed by atoms with Crippen molar-refractivity contribution in [3.8, 4) is 0 Å². The van der Waals surface area contributed by atoms with Gasteiger partial charge in [0.25, 0.3) is 0 Å². The minimum Gasteiger partial charge on any atom is -0.396 e. The molecule has 2 rings (SSSR count). The fourth-order valence-corrected chi connectivity index (χ4v) is 2.13. The summed E-state index contributed by atoms with van der Waals surface area (Å²) in [4.78, 5) is 6.00. The Labute approximate surface area is 114 Å². The van der Waals surface area contributed by atoms with E-state index in [4.69, 9.17) is 5.73 Å². The molecule has 0 unspecified atom stereocenters. The maximum Gasteiger partial charge on any atom is 0.156 e. The van der Waals surface area contributed by atoms with Gasteiger partial charge in [-0.05, 0) is 41.1 Å². The molecule has 0 radical (unpaired) electrons. The van der Waals surface area contributed by atoms with Gasteiger partial charge in [0.15, 0.2) is 5.82 Å². The van der Waals surface area contributed by atoms with Crippen LogP contribution in [0.4, 0.5) is 21.6 Å². The quantitative estimate of drug-likeness (QED) is 0.939. The summed E-state index contributed by atoms with van der Waals surface area (Å²) in [5.74, 6) is 0.272. The molecule has 0 aliphatic carbocycles. The normalized spacial score (nSPS) is 10.4. The average molecular weight is 310 g/mol. The lowest BCUT2D eigenvalue weighted by Gasteiger charge is -2.23. The summed E-state index contributed by atoms with van der Waals surface area (Å²) in [6.45, 7) is 2.51. The molecule has 0 bridgehead atoms. The minimum absolute atomic E-state index is 0.288. The number of nitrogen functional groups attached to an aromatic ring is 1. The Balaban J connectivity index is 2.49. The van der Waals surface area contributed by atoms with Crippen molar-refractivity contribution in [1.82, 2.24) is 4.98 Å². The monoisotopic (exact) mass is 309 g/mol. The molecule has 94 valence electrons. The zero-order valence-corrected chi connectivity index (χ0v) is 11.5. The van der Waals surface area contributed by atoms with Crippen LogP contribution in [0.5, 0.6) is 0 Å². The van der Waals surface area contributed by atoms with Crippen molar-refractivity contribution in [3.63, 3.8) is 0 Å². The van der Waals surface area contributed by atoms with E-state index in [1.165, 1.54) is 6.07 Å². The van der Waals surface area contributed by atoms with Crippen LogP contribution < -0.4 is 10.6 Å². The van der Waals surface area contributed by atoms with Crippen LogP contribution in [0, 0.1) is 5.82 Å². The summed E-state index contributed by atoms with van der Waals surface area (Å²) in [5, 5.41) is 0. The van der Waals surface area contributed by atoms with E-state index in [2.05, 4.69) is 20.9 Å². The predicted molar refractivity (Wildman–Crippen MR) is 75.4 cm³/mol. The van der Waals surface area contributed by atoms with Crippen molar-refractivity contribution in [2.75, 3.05) is 17.2 Å². The topological polar surface area (TPSA) is 42.2 Å². The Hall–Kier alpha value is -1.62. The van der Waals surface area contributed by atoms with Gasteiger partial charge in [-0.25, -0.2) is 9.37 Å². The number of benzene rings is 1. The molecule has 0 amide bonds. The zero-order valence-electron chi connectivity index (χ0n) is 9.90. The molecule has 0 aliphatic rings. The Morgan fingerprint density at radius 3 is 2.72 bits per heavy atom. The lowest BCUT2D eigenvalue weighted by atomic mass is 10.2. The number of aromatic nitrogens is 1. The summed E-state index contributed by atoms with van der Waals surface area (Å²) in [6, 6.07) is 8.34. The van der Waals surface area contributed by atoms with Crippen molar-refractivity contribution < 1.29 is 4.39 Å². The van der Waals surface area contributed by atoms with E-state index in [-0.39, 0.29) is 5.82 Å². The number of para-hydroxylation sites is 1. The van der Waals surface area contributed by atoms with Crippen molar-refractivity contribution in [2.24, 2.45) is 0 Å². The zero-order chi connectivity index (χ0) is 13.1. The molecular weight excluding hydrogens is 297 g/mol. The smallest absolute Gasteiger partial charge is 0.156 e. The second-order valence-electron chi connectivity index (χ2n) is 3.76. The van der Waals surface area contributed by atoms with Gasteiger partial charge in [-0.15, -0.1) is 0 Å². The summed E-state index contributed by atoms with van der Waals surface area (Å²) in [6.07, 6.45) is 1.65. The number of hydrogen-bond donors (Lipinski definition) is 1. The van der Waals surface area contributed by atoms with Crippen LogP contribution in [-0.4, -0.2) is 11.5 Å². The third-order valence-electron chi connectivity index (χ3n) is 2.58. The minimum atomic E-state index is -0.288. The second kappa shape index (κ2) is 5.35. The molecule has 0 spiro atoms. The molecule has 1 aromatic carbocycles. The molecule has 2 N–H and O–H groups in total. The van der Waals surface area contributed by atoms with Crippen molar-refractivity contribution >= 4 is 33.1 Å². The highest BCUT2D eigenvalue weighted by Crippen LogP contribution is 2.31. The van der Waals surface area contributed by atoms with Crippen molar-refractivity contribution in [3.05, 3.63) is 46.8 Å². The molecule has 0 fully saturated rings. The van der Waals surface area contributed by atoms with Gasteiger partial charge in [0.05, 0.1) is 11.4 Å². The largest absolute Gasteiger partial charge is 0.396 e. The first-order valence-corrected chi connectivity index (χ1v) is 6.36. The van der Waals surface area contributed by atoms with E-state index in [1.54, 1.807) is 35.4 Å². The van der Waals surface area contributed by atoms with Crippen LogP contribution in [0.1, 0.15) is 6.92 Å². The molecule has 0 saturated carbocycles. The lowest BCUT2D eigenvalue weighted by Crippen LogP contribution is -2.20. The highest BCUT2D eigenvalue weighted by atomic mass is 79.9. The van der Waals surface area contributed by atoms with Gasteiger partial charge in [-0.3, -0.25) is 0 Å². The summed E-state index contributed by atoms with van der Waals surface area (Å²) < 4.78 is 14.6. The first-order valence-electron chi connectivity index (χ1n) is 5.56. The summed E-state index contributed by atoms with van der Waals surface area (Å²) >= 11 is 3.30. The van der Waals surface area contributed by atoms with Crippen LogP contribution in [0.2, 0.25) is 0 Å². The van der Waals surface area contributed by atoms with E-state index in [1.807, 2.05) is 6.92 Å². The van der Waals surface area contributed by atoms with Crippen LogP contribution in [0.25, 0.3) is 0 Å². The van der Waals surface area contributed by atoms with Gasteiger partial charge in [0.1, 0.15) is 5.82 Å². The average Bonchev–Trinajstić information content (AvgIpc) is 2.34. The van der Waals surface area contributed by atoms with E-state index >= 15 is 0 Å². The van der Waals surface area contributed by atoms with E-state index in [0.717, 1.165) is 4.47 Å².